The molecule has 0 spiro atoms. The first-order chi connectivity index (χ1) is 10.0. The van der Waals surface area contributed by atoms with E-state index in [0.717, 1.165) is 33.3 Å². The summed E-state index contributed by atoms with van der Waals surface area (Å²) in [5.74, 6) is 1.44. The zero-order valence-electron chi connectivity index (χ0n) is 12.7. The molecule has 0 aliphatic rings. The predicted octanol–water partition coefficient (Wildman–Crippen LogP) is 4.84. The highest BCUT2D eigenvalue weighted by molar-refractivity contribution is 6.33. The maximum Gasteiger partial charge on any atom is 0.161 e. The molecule has 0 saturated heterocycles. The number of rotatable bonds is 5. The number of anilines is 1. The van der Waals surface area contributed by atoms with Gasteiger partial charge in [-0.2, -0.15) is 0 Å². The van der Waals surface area contributed by atoms with Gasteiger partial charge in [-0.3, -0.25) is 0 Å². The van der Waals surface area contributed by atoms with Crippen LogP contribution < -0.4 is 14.8 Å². The standard InChI is InChI=1S/C17H20ClNO2/c1-11-5-7-15(14(18)9-11)19-12(2)13-6-8-16(20-3)17(10-13)21-4/h5-10,12,19H,1-4H3. The minimum Gasteiger partial charge on any atom is -0.493 e. The second kappa shape index (κ2) is 6.72. The molecular weight excluding hydrogens is 286 g/mol. The monoisotopic (exact) mass is 305 g/mol. The van der Waals surface area contributed by atoms with Gasteiger partial charge in [0.15, 0.2) is 11.5 Å². The zero-order chi connectivity index (χ0) is 15.4. The molecule has 2 aromatic rings. The average molecular weight is 306 g/mol. The Balaban J connectivity index is 2.21. The highest BCUT2D eigenvalue weighted by Gasteiger charge is 2.11. The molecule has 0 amide bonds. The van der Waals surface area contributed by atoms with E-state index in [1.54, 1.807) is 14.2 Å². The average Bonchev–Trinajstić information content (AvgIpc) is 2.49. The normalized spacial score (nSPS) is 11.9. The van der Waals surface area contributed by atoms with Gasteiger partial charge in [0, 0.05) is 6.04 Å². The van der Waals surface area contributed by atoms with Crippen molar-refractivity contribution >= 4 is 17.3 Å². The Labute approximate surface area is 130 Å². The van der Waals surface area contributed by atoms with E-state index in [0.29, 0.717) is 0 Å². The highest BCUT2D eigenvalue weighted by atomic mass is 35.5. The van der Waals surface area contributed by atoms with E-state index < -0.39 is 0 Å². The molecule has 1 unspecified atom stereocenters. The molecule has 3 nitrogen and oxygen atoms in total. The third-order valence-electron chi connectivity index (χ3n) is 3.40. The van der Waals surface area contributed by atoms with Crippen LogP contribution in [0.1, 0.15) is 24.1 Å². The second-order valence-electron chi connectivity index (χ2n) is 4.96. The maximum atomic E-state index is 6.26. The molecule has 2 aromatic carbocycles. The SMILES string of the molecule is COc1ccc(C(C)Nc2ccc(C)cc2Cl)cc1OC. The number of methoxy groups -OCH3 is 2. The molecule has 0 bridgehead atoms. The fraction of sp³-hybridized carbons (Fsp3) is 0.294. The predicted molar refractivity (Wildman–Crippen MR) is 87.8 cm³/mol. The van der Waals surface area contributed by atoms with E-state index in [1.165, 1.54) is 0 Å². The minimum atomic E-state index is 0.102. The minimum absolute atomic E-state index is 0.102. The van der Waals surface area contributed by atoms with Gasteiger partial charge in [-0.25, -0.2) is 0 Å². The Kier molecular flexibility index (Phi) is 4.97. The third kappa shape index (κ3) is 3.61. The van der Waals surface area contributed by atoms with Gasteiger partial charge in [0.1, 0.15) is 0 Å². The topological polar surface area (TPSA) is 30.5 Å². The molecule has 1 atom stereocenters. The fourth-order valence-corrected chi connectivity index (χ4v) is 2.47. The van der Waals surface area contributed by atoms with E-state index in [2.05, 4.69) is 12.2 Å². The van der Waals surface area contributed by atoms with E-state index in [1.807, 2.05) is 43.3 Å². The summed E-state index contributed by atoms with van der Waals surface area (Å²) in [6, 6.07) is 12.0. The second-order valence-corrected chi connectivity index (χ2v) is 5.37. The Morgan fingerprint density at radius 3 is 2.33 bits per heavy atom. The van der Waals surface area contributed by atoms with E-state index in [-0.39, 0.29) is 6.04 Å². The van der Waals surface area contributed by atoms with Crippen molar-refractivity contribution in [1.82, 2.24) is 0 Å². The highest BCUT2D eigenvalue weighted by Crippen LogP contribution is 2.32. The van der Waals surface area contributed by atoms with Crippen LogP contribution in [0.3, 0.4) is 0 Å². The lowest BCUT2D eigenvalue weighted by Crippen LogP contribution is -2.07. The van der Waals surface area contributed by atoms with Crippen molar-refractivity contribution in [2.24, 2.45) is 0 Å². The smallest absolute Gasteiger partial charge is 0.161 e. The number of ether oxygens (including phenoxy) is 2. The lowest BCUT2D eigenvalue weighted by atomic mass is 10.1. The van der Waals surface area contributed by atoms with Crippen LogP contribution in [0, 0.1) is 6.92 Å². The summed E-state index contributed by atoms with van der Waals surface area (Å²) in [6.07, 6.45) is 0. The van der Waals surface area contributed by atoms with Gasteiger partial charge < -0.3 is 14.8 Å². The summed E-state index contributed by atoms with van der Waals surface area (Å²) in [6.45, 7) is 4.10. The molecule has 0 aliphatic carbocycles. The van der Waals surface area contributed by atoms with Crippen LogP contribution in [0.5, 0.6) is 11.5 Å². The first-order valence-electron chi connectivity index (χ1n) is 6.79. The lowest BCUT2D eigenvalue weighted by molar-refractivity contribution is 0.354. The quantitative estimate of drug-likeness (QED) is 0.857. The number of nitrogens with one attached hydrogen (secondary N) is 1. The Hall–Kier alpha value is -1.87. The summed E-state index contributed by atoms with van der Waals surface area (Å²) >= 11 is 6.26. The molecule has 1 N–H and O–H groups in total. The van der Waals surface area contributed by atoms with Crippen LogP contribution in [0.4, 0.5) is 5.69 Å². The third-order valence-corrected chi connectivity index (χ3v) is 3.72. The molecule has 0 saturated carbocycles. The van der Waals surface area contributed by atoms with Crippen molar-refractivity contribution in [3.05, 3.63) is 52.5 Å². The van der Waals surface area contributed by atoms with Crippen molar-refractivity contribution in [3.63, 3.8) is 0 Å². The number of benzene rings is 2. The molecule has 4 heteroatoms. The van der Waals surface area contributed by atoms with Gasteiger partial charge in [-0.1, -0.05) is 23.7 Å². The first kappa shape index (κ1) is 15.5. The summed E-state index contributed by atoms with van der Waals surface area (Å²) < 4.78 is 10.6. The summed E-state index contributed by atoms with van der Waals surface area (Å²) in [5.41, 5.74) is 3.16. The van der Waals surface area contributed by atoms with Crippen LogP contribution in [-0.2, 0) is 0 Å². The first-order valence-corrected chi connectivity index (χ1v) is 7.17. The van der Waals surface area contributed by atoms with Crippen molar-refractivity contribution in [1.29, 1.82) is 0 Å². The van der Waals surface area contributed by atoms with Crippen molar-refractivity contribution in [2.45, 2.75) is 19.9 Å². The van der Waals surface area contributed by atoms with E-state index in [9.17, 15) is 0 Å². The molecule has 2 rings (SSSR count). The van der Waals surface area contributed by atoms with Crippen molar-refractivity contribution in [3.8, 4) is 11.5 Å². The van der Waals surface area contributed by atoms with Gasteiger partial charge in [0.2, 0.25) is 0 Å². The van der Waals surface area contributed by atoms with Crippen LogP contribution in [0.2, 0.25) is 5.02 Å². The van der Waals surface area contributed by atoms with Crippen LogP contribution in [-0.4, -0.2) is 14.2 Å². The summed E-state index contributed by atoms with van der Waals surface area (Å²) in [5, 5.41) is 4.14. The zero-order valence-corrected chi connectivity index (χ0v) is 13.5. The molecule has 0 radical (unpaired) electrons. The van der Waals surface area contributed by atoms with Crippen LogP contribution in [0.25, 0.3) is 0 Å². The number of aryl methyl sites for hydroxylation is 1. The summed E-state index contributed by atoms with van der Waals surface area (Å²) in [7, 11) is 3.27. The van der Waals surface area contributed by atoms with Crippen molar-refractivity contribution in [2.75, 3.05) is 19.5 Å². The number of hydrogen-bond acceptors (Lipinski definition) is 3. The molecule has 112 valence electrons. The Bertz CT molecular complexity index is 628. The Morgan fingerprint density at radius 1 is 1.00 bits per heavy atom. The Morgan fingerprint density at radius 2 is 1.71 bits per heavy atom. The van der Waals surface area contributed by atoms with Gasteiger partial charge in [-0.05, 0) is 49.2 Å². The molecule has 21 heavy (non-hydrogen) atoms. The number of halogens is 1. The molecule has 0 aliphatic heterocycles. The van der Waals surface area contributed by atoms with Gasteiger partial charge in [0.05, 0.1) is 24.9 Å². The molecule has 0 aromatic heterocycles. The van der Waals surface area contributed by atoms with Crippen LogP contribution in [0.15, 0.2) is 36.4 Å². The van der Waals surface area contributed by atoms with Gasteiger partial charge >= 0.3 is 0 Å². The van der Waals surface area contributed by atoms with E-state index >= 15 is 0 Å². The maximum absolute atomic E-state index is 6.26. The van der Waals surface area contributed by atoms with Crippen molar-refractivity contribution < 1.29 is 9.47 Å². The summed E-state index contributed by atoms with van der Waals surface area (Å²) in [4.78, 5) is 0. The largest absolute Gasteiger partial charge is 0.493 e. The van der Waals surface area contributed by atoms with Crippen LogP contribution >= 0.6 is 11.6 Å². The molecule has 0 fully saturated rings. The lowest BCUT2D eigenvalue weighted by Gasteiger charge is -2.18. The number of hydrogen-bond donors (Lipinski definition) is 1. The molecular formula is C17H20ClNO2. The van der Waals surface area contributed by atoms with E-state index in [4.69, 9.17) is 21.1 Å². The van der Waals surface area contributed by atoms with Gasteiger partial charge in [0.25, 0.3) is 0 Å². The molecule has 0 heterocycles. The van der Waals surface area contributed by atoms with Gasteiger partial charge in [-0.15, -0.1) is 0 Å². The fourth-order valence-electron chi connectivity index (χ4n) is 2.18.